The largest absolute Gasteiger partial charge is 0.492 e. The highest BCUT2D eigenvalue weighted by molar-refractivity contribution is 7.22. The van der Waals surface area contributed by atoms with Crippen LogP contribution in [0.1, 0.15) is 6.92 Å². The van der Waals surface area contributed by atoms with E-state index >= 15 is 0 Å². The summed E-state index contributed by atoms with van der Waals surface area (Å²) in [6, 6.07) is 13.2. The van der Waals surface area contributed by atoms with Gasteiger partial charge < -0.3 is 19.1 Å². The molecule has 8 heteroatoms. The summed E-state index contributed by atoms with van der Waals surface area (Å²) in [5.74, 6) is 1.80. The zero-order valence-electron chi connectivity index (χ0n) is 17.3. The van der Waals surface area contributed by atoms with Gasteiger partial charge in [-0.25, -0.2) is 4.98 Å². The Morgan fingerprint density at radius 1 is 1.17 bits per heavy atom. The summed E-state index contributed by atoms with van der Waals surface area (Å²) in [4.78, 5) is 21.9. The Morgan fingerprint density at radius 2 is 1.97 bits per heavy atom. The van der Waals surface area contributed by atoms with Gasteiger partial charge in [0.15, 0.2) is 16.6 Å². The molecule has 1 aliphatic heterocycles. The number of aromatic nitrogens is 1. The van der Waals surface area contributed by atoms with E-state index in [9.17, 15) is 4.79 Å². The lowest BCUT2D eigenvalue weighted by Gasteiger charge is -2.30. The number of carbonyl (C=O) groups is 1. The van der Waals surface area contributed by atoms with Gasteiger partial charge >= 0.3 is 0 Å². The van der Waals surface area contributed by atoms with Crippen molar-refractivity contribution in [2.75, 3.05) is 45.3 Å². The number of carbonyl (C=O) groups excluding carboxylic acids is 1. The van der Waals surface area contributed by atoms with Crippen molar-refractivity contribution in [1.29, 1.82) is 0 Å². The number of ether oxygens (including phenoxy) is 3. The molecule has 1 amide bonds. The molecule has 2 aromatic carbocycles. The SMILES string of the molecule is CCOc1cccc2sc(N(CCN(C)C)C(=O)C3COc4ccccc4O3)nc12. The fourth-order valence-electron chi connectivity index (χ4n) is 3.21. The number of anilines is 1. The summed E-state index contributed by atoms with van der Waals surface area (Å²) in [6.45, 7) is 3.86. The second-order valence-corrected chi connectivity index (χ2v) is 8.20. The van der Waals surface area contributed by atoms with Crippen LogP contribution < -0.4 is 19.1 Å². The molecule has 1 atom stereocenters. The molecule has 1 unspecified atom stereocenters. The van der Waals surface area contributed by atoms with E-state index in [0.29, 0.717) is 36.3 Å². The van der Waals surface area contributed by atoms with Gasteiger partial charge in [-0.3, -0.25) is 9.69 Å². The van der Waals surface area contributed by atoms with Crippen LogP contribution in [0.15, 0.2) is 42.5 Å². The van der Waals surface area contributed by atoms with Gasteiger partial charge in [-0.05, 0) is 45.3 Å². The van der Waals surface area contributed by atoms with E-state index in [4.69, 9.17) is 19.2 Å². The van der Waals surface area contributed by atoms with Crippen LogP contribution in [-0.2, 0) is 4.79 Å². The van der Waals surface area contributed by atoms with E-state index in [1.807, 2.05) is 68.4 Å². The molecule has 0 radical (unpaired) electrons. The molecule has 0 fully saturated rings. The Balaban J connectivity index is 1.64. The normalized spacial score (nSPS) is 15.4. The first-order valence-electron chi connectivity index (χ1n) is 9.93. The molecule has 4 rings (SSSR count). The van der Waals surface area contributed by atoms with Gasteiger partial charge in [0.2, 0.25) is 6.10 Å². The molecule has 1 aromatic heterocycles. The van der Waals surface area contributed by atoms with Gasteiger partial charge in [0.05, 0.1) is 11.3 Å². The molecule has 158 valence electrons. The van der Waals surface area contributed by atoms with Crippen molar-refractivity contribution in [3.05, 3.63) is 42.5 Å². The number of benzene rings is 2. The van der Waals surface area contributed by atoms with E-state index in [0.717, 1.165) is 16.0 Å². The average Bonchev–Trinajstić information content (AvgIpc) is 3.18. The van der Waals surface area contributed by atoms with Crippen molar-refractivity contribution in [3.8, 4) is 17.2 Å². The second-order valence-electron chi connectivity index (χ2n) is 7.19. The Morgan fingerprint density at radius 3 is 2.73 bits per heavy atom. The average molecular weight is 428 g/mol. The first-order valence-corrected chi connectivity index (χ1v) is 10.8. The maximum absolute atomic E-state index is 13.4. The number of rotatable bonds is 7. The molecular weight excluding hydrogens is 402 g/mol. The molecule has 0 spiro atoms. The standard InChI is InChI=1S/C22H25N3O4S/c1-4-27-17-10-7-11-19-20(17)23-22(30-19)25(13-12-24(2)3)21(26)18-14-28-15-8-5-6-9-16(15)29-18/h5-11,18H,4,12-14H2,1-3H3. The lowest BCUT2D eigenvalue weighted by Crippen LogP contribution is -2.48. The molecule has 7 nitrogen and oxygen atoms in total. The number of fused-ring (bicyclic) bond motifs is 2. The van der Waals surface area contributed by atoms with Crippen molar-refractivity contribution in [3.63, 3.8) is 0 Å². The van der Waals surface area contributed by atoms with E-state index in [-0.39, 0.29) is 12.5 Å². The van der Waals surface area contributed by atoms with Crippen LogP contribution in [-0.4, -0.2) is 62.3 Å². The van der Waals surface area contributed by atoms with Gasteiger partial charge in [0, 0.05) is 13.1 Å². The van der Waals surface area contributed by atoms with E-state index in [1.54, 1.807) is 4.90 Å². The quantitative estimate of drug-likeness (QED) is 0.576. The molecule has 3 aromatic rings. The number of hydrogen-bond acceptors (Lipinski definition) is 7. The summed E-state index contributed by atoms with van der Waals surface area (Å²) in [7, 11) is 3.95. The molecule has 0 aliphatic carbocycles. The van der Waals surface area contributed by atoms with Gasteiger partial charge in [-0.2, -0.15) is 0 Å². The fraction of sp³-hybridized carbons (Fsp3) is 0.364. The van der Waals surface area contributed by atoms with Crippen molar-refractivity contribution in [2.24, 2.45) is 0 Å². The third-order valence-corrected chi connectivity index (χ3v) is 5.77. The lowest BCUT2D eigenvalue weighted by molar-refractivity contribution is -0.127. The van der Waals surface area contributed by atoms with Crippen LogP contribution in [0.2, 0.25) is 0 Å². The van der Waals surface area contributed by atoms with Crippen molar-refractivity contribution >= 4 is 32.6 Å². The van der Waals surface area contributed by atoms with Gasteiger partial charge in [-0.15, -0.1) is 0 Å². The monoisotopic (exact) mass is 427 g/mol. The molecule has 0 N–H and O–H groups in total. The van der Waals surface area contributed by atoms with Gasteiger partial charge in [0.25, 0.3) is 5.91 Å². The predicted octanol–water partition coefficient (Wildman–Crippen LogP) is 3.43. The second kappa shape index (κ2) is 8.89. The number of para-hydroxylation sites is 3. The summed E-state index contributed by atoms with van der Waals surface area (Å²) in [6.07, 6.45) is -0.722. The third kappa shape index (κ3) is 4.20. The van der Waals surface area contributed by atoms with E-state index in [2.05, 4.69) is 0 Å². The van der Waals surface area contributed by atoms with Gasteiger partial charge in [-0.1, -0.05) is 29.5 Å². The van der Waals surface area contributed by atoms with Crippen LogP contribution in [0.5, 0.6) is 17.2 Å². The first-order chi connectivity index (χ1) is 14.6. The first kappa shape index (κ1) is 20.4. The lowest BCUT2D eigenvalue weighted by atomic mass is 10.2. The highest BCUT2D eigenvalue weighted by Gasteiger charge is 2.33. The fourth-order valence-corrected chi connectivity index (χ4v) is 4.23. The minimum Gasteiger partial charge on any atom is -0.492 e. The Bertz CT molecular complexity index is 1040. The van der Waals surface area contributed by atoms with Gasteiger partial charge in [0.1, 0.15) is 17.9 Å². The number of likely N-dealkylation sites (N-methyl/N-ethyl adjacent to an activating group) is 1. The Hall–Kier alpha value is -2.84. The van der Waals surface area contributed by atoms with Crippen LogP contribution >= 0.6 is 11.3 Å². The predicted molar refractivity (Wildman–Crippen MR) is 118 cm³/mol. The molecule has 0 saturated carbocycles. The number of nitrogens with zero attached hydrogens (tertiary/aromatic N) is 3. The molecule has 0 saturated heterocycles. The van der Waals surface area contributed by atoms with Crippen LogP contribution in [0.3, 0.4) is 0 Å². The van der Waals surface area contributed by atoms with Crippen molar-refractivity contribution in [1.82, 2.24) is 9.88 Å². The van der Waals surface area contributed by atoms with Crippen LogP contribution in [0.4, 0.5) is 5.13 Å². The van der Waals surface area contributed by atoms with Crippen LogP contribution in [0, 0.1) is 0 Å². The number of thiazole rings is 1. The number of hydrogen-bond donors (Lipinski definition) is 0. The molecule has 30 heavy (non-hydrogen) atoms. The minimum atomic E-state index is -0.722. The highest BCUT2D eigenvalue weighted by Crippen LogP contribution is 2.36. The summed E-state index contributed by atoms with van der Waals surface area (Å²) in [5, 5.41) is 0.631. The van der Waals surface area contributed by atoms with Crippen LogP contribution in [0.25, 0.3) is 10.2 Å². The zero-order valence-corrected chi connectivity index (χ0v) is 18.1. The molecular formula is C22H25N3O4S. The summed E-state index contributed by atoms with van der Waals surface area (Å²) < 4.78 is 18.4. The molecule has 2 heterocycles. The molecule has 1 aliphatic rings. The minimum absolute atomic E-state index is 0.164. The third-order valence-electron chi connectivity index (χ3n) is 4.72. The zero-order chi connectivity index (χ0) is 21.1. The summed E-state index contributed by atoms with van der Waals surface area (Å²) >= 11 is 1.47. The number of amides is 1. The molecule has 0 bridgehead atoms. The van der Waals surface area contributed by atoms with E-state index in [1.165, 1.54) is 11.3 Å². The Kier molecular flexibility index (Phi) is 6.06. The topological polar surface area (TPSA) is 64.1 Å². The maximum atomic E-state index is 13.4. The highest BCUT2D eigenvalue weighted by atomic mass is 32.1. The van der Waals surface area contributed by atoms with E-state index < -0.39 is 6.10 Å². The smallest absolute Gasteiger partial charge is 0.273 e. The van der Waals surface area contributed by atoms with Crippen molar-refractivity contribution in [2.45, 2.75) is 13.0 Å². The Labute approximate surface area is 179 Å². The summed E-state index contributed by atoms with van der Waals surface area (Å²) in [5.41, 5.74) is 0.771. The maximum Gasteiger partial charge on any atom is 0.273 e. The van der Waals surface area contributed by atoms with Crippen molar-refractivity contribution < 1.29 is 19.0 Å².